The molecule has 1 aromatic heterocycles. The monoisotopic (exact) mass is 310 g/mol. The number of fused-ring (bicyclic) bond motifs is 1. The normalized spacial score (nSPS) is 13.7. The van der Waals surface area contributed by atoms with Gasteiger partial charge in [0.2, 0.25) is 0 Å². The molecule has 0 fully saturated rings. The van der Waals surface area contributed by atoms with Crippen molar-refractivity contribution < 1.29 is 13.2 Å². The molecule has 0 radical (unpaired) electrons. The standard InChI is InChI=1S/C17H21F3N2/c1-4-10-22(13(3)17(18,19)20)11-9-14-12(2)21-16-8-6-5-7-15(14)16/h4-8,13,21H,1,9-11H2,2-3H3. The Morgan fingerprint density at radius 3 is 2.64 bits per heavy atom. The molecule has 2 aromatic rings. The first-order valence-corrected chi connectivity index (χ1v) is 7.32. The number of aryl methyl sites for hydroxylation is 1. The number of aromatic amines is 1. The molecule has 22 heavy (non-hydrogen) atoms. The number of alkyl halides is 3. The molecule has 0 spiro atoms. The van der Waals surface area contributed by atoms with Gasteiger partial charge in [0.15, 0.2) is 0 Å². The highest BCUT2D eigenvalue weighted by Gasteiger charge is 2.39. The summed E-state index contributed by atoms with van der Waals surface area (Å²) in [6.07, 6.45) is -2.13. The van der Waals surface area contributed by atoms with Crippen LogP contribution in [0.15, 0.2) is 36.9 Å². The predicted molar refractivity (Wildman–Crippen MR) is 84.0 cm³/mol. The molecule has 2 rings (SSSR count). The Labute approximate surface area is 128 Å². The van der Waals surface area contributed by atoms with Crippen LogP contribution in [0.25, 0.3) is 10.9 Å². The van der Waals surface area contributed by atoms with Crippen LogP contribution >= 0.6 is 0 Å². The molecule has 0 aliphatic heterocycles. The highest BCUT2D eigenvalue weighted by molar-refractivity contribution is 5.84. The maximum atomic E-state index is 12.9. The second-order valence-electron chi connectivity index (χ2n) is 5.53. The fraction of sp³-hybridized carbons (Fsp3) is 0.412. The Morgan fingerprint density at radius 2 is 2.00 bits per heavy atom. The third-order valence-electron chi connectivity index (χ3n) is 4.06. The minimum atomic E-state index is -4.22. The molecule has 1 heterocycles. The van der Waals surface area contributed by atoms with E-state index in [0.717, 1.165) is 22.2 Å². The first kappa shape index (κ1) is 16.6. The quantitative estimate of drug-likeness (QED) is 0.781. The molecule has 1 N–H and O–H groups in total. The van der Waals surface area contributed by atoms with Gasteiger partial charge in [-0.25, -0.2) is 0 Å². The van der Waals surface area contributed by atoms with Crippen molar-refractivity contribution >= 4 is 10.9 Å². The average molecular weight is 310 g/mol. The summed E-state index contributed by atoms with van der Waals surface area (Å²) in [6.45, 7) is 7.29. The van der Waals surface area contributed by atoms with Crippen molar-refractivity contribution in [1.82, 2.24) is 9.88 Å². The molecule has 2 nitrogen and oxygen atoms in total. The van der Waals surface area contributed by atoms with E-state index in [1.54, 1.807) is 0 Å². The molecule has 0 amide bonds. The Morgan fingerprint density at radius 1 is 1.32 bits per heavy atom. The summed E-state index contributed by atoms with van der Waals surface area (Å²) < 4.78 is 38.8. The number of nitrogens with one attached hydrogen (secondary N) is 1. The maximum Gasteiger partial charge on any atom is 0.403 e. The summed E-state index contributed by atoms with van der Waals surface area (Å²) in [6, 6.07) is 6.39. The molecule has 120 valence electrons. The van der Waals surface area contributed by atoms with E-state index in [2.05, 4.69) is 11.6 Å². The third-order valence-corrected chi connectivity index (χ3v) is 4.06. The number of hydrogen-bond donors (Lipinski definition) is 1. The number of H-pyrrole nitrogens is 1. The van der Waals surface area contributed by atoms with Gasteiger partial charge in [0.1, 0.15) is 6.04 Å². The van der Waals surface area contributed by atoms with Crippen molar-refractivity contribution in [2.45, 2.75) is 32.5 Å². The summed E-state index contributed by atoms with van der Waals surface area (Å²) in [5, 5.41) is 1.08. The van der Waals surface area contributed by atoms with Crippen molar-refractivity contribution in [3.05, 3.63) is 48.2 Å². The zero-order chi connectivity index (χ0) is 16.3. The summed E-state index contributed by atoms with van der Waals surface area (Å²) in [5.74, 6) is 0. The van der Waals surface area contributed by atoms with Crippen molar-refractivity contribution in [1.29, 1.82) is 0 Å². The number of benzene rings is 1. The molecule has 0 aliphatic carbocycles. The van der Waals surface area contributed by atoms with Crippen LogP contribution in [0.5, 0.6) is 0 Å². The van der Waals surface area contributed by atoms with Gasteiger partial charge >= 0.3 is 6.18 Å². The van der Waals surface area contributed by atoms with Gasteiger partial charge in [0.05, 0.1) is 0 Å². The molecule has 1 unspecified atom stereocenters. The van der Waals surface area contributed by atoms with Crippen molar-refractivity contribution in [2.24, 2.45) is 0 Å². The minimum Gasteiger partial charge on any atom is -0.358 e. The number of nitrogens with zero attached hydrogens (tertiary/aromatic N) is 1. The lowest BCUT2D eigenvalue weighted by molar-refractivity contribution is -0.177. The molecule has 1 atom stereocenters. The van der Waals surface area contributed by atoms with E-state index < -0.39 is 12.2 Å². The number of aromatic nitrogens is 1. The number of halogens is 3. The first-order valence-electron chi connectivity index (χ1n) is 7.32. The average Bonchev–Trinajstić information content (AvgIpc) is 2.77. The number of hydrogen-bond acceptors (Lipinski definition) is 1. The second kappa shape index (κ2) is 6.57. The zero-order valence-electron chi connectivity index (χ0n) is 12.9. The highest BCUT2D eigenvalue weighted by Crippen LogP contribution is 2.26. The van der Waals surface area contributed by atoms with Crippen LogP contribution in [0.4, 0.5) is 13.2 Å². The van der Waals surface area contributed by atoms with Crippen LogP contribution in [0.3, 0.4) is 0 Å². The van der Waals surface area contributed by atoms with Gasteiger partial charge in [0.25, 0.3) is 0 Å². The summed E-state index contributed by atoms with van der Waals surface area (Å²) in [5.41, 5.74) is 3.12. The summed E-state index contributed by atoms with van der Waals surface area (Å²) >= 11 is 0. The molecule has 5 heteroatoms. The predicted octanol–water partition coefficient (Wildman–Crippen LogP) is 4.46. The fourth-order valence-electron chi connectivity index (χ4n) is 2.73. The maximum absolute atomic E-state index is 12.9. The lowest BCUT2D eigenvalue weighted by atomic mass is 10.1. The molecule has 0 saturated carbocycles. The molecule has 0 bridgehead atoms. The fourth-order valence-corrected chi connectivity index (χ4v) is 2.73. The van der Waals surface area contributed by atoms with Gasteiger partial charge in [-0.05, 0) is 31.9 Å². The van der Waals surface area contributed by atoms with E-state index in [9.17, 15) is 13.2 Å². The SMILES string of the molecule is C=CCN(CCc1c(C)[nH]c2ccccc12)C(C)C(F)(F)F. The van der Waals surface area contributed by atoms with Gasteiger partial charge in [-0.3, -0.25) is 4.90 Å². The highest BCUT2D eigenvalue weighted by atomic mass is 19.4. The van der Waals surface area contributed by atoms with E-state index in [1.807, 2.05) is 31.2 Å². The van der Waals surface area contributed by atoms with Crippen LogP contribution in [0.2, 0.25) is 0 Å². The van der Waals surface area contributed by atoms with Crippen molar-refractivity contribution in [2.75, 3.05) is 13.1 Å². The second-order valence-corrected chi connectivity index (χ2v) is 5.53. The Balaban J connectivity index is 2.18. The number of para-hydroxylation sites is 1. The molecular weight excluding hydrogens is 289 g/mol. The van der Waals surface area contributed by atoms with Crippen LogP contribution < -0.4 is 0 Å². The first-order chi connectivity index (χ1) is 10.3. The van der Waals surface area contributed by atoms with E-state index in [0.29, 0.717) is 13.0 Å². The van der Waals surface area contributed by atoms with Gasteiger partial charge in [-0.15, -0.1) is 6.58 Å². The van der Waals surface area contributed by atoms with E-state index in [4.69, 9.17) is 0 Å². The summed E-state index contributed by atoms with van der Waals surface area (Å²) in [4.78, 5) is 4.69. The summed E-state index contributed by atoms with van der Waals surface area (Å²) in [7, 11) is 0. The van der Waals surface area contributed by atoms with Crippen LogP contribution in [0, 0.1) is 6.92 Å². The van der Waals surface area contributed by atoms with Gasteiger partial charge < -0.3 is 4.98 Å². The van der Waals surface area contributed by atoms with Crippen LogP contribution in [0.1, 0.15) is 18.2 Å². The van der Waals surface area contributed by atoms with Crippen molar-refractivity contribution in [3.63, 3.8) is 0 Å². The van der Waals surface area contributed by atoms with Gasteiger partial charge in [-0.2, -0.15) is 13.2 Å². The molecule has 1 aromatic carbocycles. The number of rotatable bonds is 6. The Kier molecular flexibility index (Phi) is 4.96. The topological polar surface area (TPSA) is 19.0 Å². The smallest absolute Gasteiger partial charge is 0.358 e. The molecular formula is C17H21F3N2. The Hall–Kier alpha value is -1.75. The molecule has 0 aliphatic rings. The van der Waals surface area contributed by atoms with E-state index in [-0.39, 0.29) is 6.54 Å². The molecule has 0 saturated heterocycles. The lowest BCUT2D eigenvalue weighted by Gasteiger charge is -2.29. The van der Waals surface area contributed by atoms with Crippen molar-refractivity contribution in [3.8, 4) is 0 Å². The lowest BCUT2D eigenvalue weighted by Crippen LogP contribution is -2.44. The Bertz CT molecular complexity index is 643. The van der Waals surface area contributed by atoms with E-state index >= 15 is 0 Å². The van der Waals surface area contributed by atoms with Gasteiger partial charge in [-0.1, -0.05) is 24.3 Å². The van der Waals surface area contributed by atoms with Crippen LogP contribution in [-0.4, -0.2) is 35.2 Å². The van der Waals surface area contributed by atoms with Gasteiger partial charge in [0, 0.05) is 29.7 Å². The third kappa shape index (κ3) is 3.53. The van der Waals surface area contributed by atoms with E-state index in [1.165, 1.54) is 17.9 Å². The van der Waals surface area contributed by atoms with Crippen LogP contribution in [-0.2, 0) is 6.42 Å². The largest absolute Gasteiger partial charge is 0.403 e. The minimum absolute atomic E-state index is 0.224. The zero-order valence-corrected chi connectivity index (χ0v) is 12.9.